The van der Waals surface area contributed by atoms with E-state index in [1.54, 1.807) is 0 Å². The molecule has 0 aliphatic carbocycles. The average Bonchev–Trinajstić information content (AvgIpc) is 3.17. The molecule has 0 aromatic rings. The summed E-state index contributed by atoms with van der Waals surface area (Å²) in [4.78, 5) is 97.2. The molecule has 0 saturated carbocycles. The first kappa shape index (κ1) is 53.4. The smallest absolute Gasteiger partial charge is 0.326 e. The number of amides is 5. The highest BCUT2D eigenvalue weighted by Crippen LogP contribution is 2.26. The number of aliphatic carboxylic acids is 3. The number of aliphatic hydroxyl groups is 6. The zero-order valence-corrected chi connectivity index (χ0v) is 33.3. The van der Waals surface area contributed by atoms with Crippen molar-refractivity contribution >= 4 is 47.4 Å². The summed E-state index contributed by atoms with van der Waals surface area (Å²) in [6.07, 6.45) is -15.6. The van der Waals surface area contributed by atoms with Gasteiger partial charge in [-0.05, 0) is 39.5 Å². The van der Waals surface area contributed by atoms with Gasteiger partial charge >= 0.3 is 17.9 Å². The summed E-state index contributed by atoms with van der Waals surface area (Å²) in [7, 11) is 0. The molecular formula is C34H58N6O20. The van der Waals surface area contributed by atoms with Gasteiger partial charge in [0.2, 0.25) is 29.5 Å². The molecule has 1 rings (SSSR count). The van der Waals surface area contributed by atoms with Crippen molar-refractivity contribution in [2.75, 3.05) is 19.8 Å². The van der Waals surface area contributed by atoms with Crippen LogP contribution in [0.2, 0.25) is 0 Å². The van der Waals surface area contributed by atoms with E-state index < -0.39 is 165 Å². The fourth-order valence-corrected chi connectivity index (χ4v) is 5.84. The van der Waals surface area contributed by atoms with Gasteiger partial charge in [-0.3, -0.25) is 28.8 Å². The van der Waals surface area contributed by atoms with Gasteiger partial charge in [-0.25, -0.2) is 9.59 Å². The van der Waals surface area contributed by atoms with E-state index in [-0.39, 0.29) is 19.3 Å². The quantitative estimate of drug-likeness (QED) is 0.0365. The lowest BCUT2D eigenvalue weighted by Gasteiger charge is -2.45. The fraction of sp³-hybridized carbons (Fsp3) is 0.765. The molecule has 60 heavy (non-hydrogen) atoms. The molecule has 16 N–H and O–H groups in total. The van der Waals surface area contributed by atoms with E-state index in [4.69, 9.17) is 25.1 Å². The number of hydrogen-bond acceptors (Lipinski definition) is 18. The number of nitrogens with one attached hydrogen (secondary N) is 5. The predicted molar refractivity (Wildman–Crippen MR) is 198 cm³/mol. The van der Waals surface area contributed by atoms with Crippen LogP contribution in [0.15, 0.2) is 0 Å². The van der Waals surface area contributed by atoms with Crippen LogP contribution in [-0.2, 0) is 52.6 Å². The van der Waals surface area contributed by atoms with Gasteiger partial charge in [-0.1, -0.05) is 0 Å². The maximum Gasteiger partial charge on any atom is 0.326 e. The van der Waals surface area contributed by atoms with Crippen LogP contribution < -0.4 is 32.3 Å². The van der Waals surface area contributed by atoms with E-state index >= 15 is 0 Å². The molecule has 14 atom stereocenters. The third kappa shape index (κ3) is 17.1. The summed E-state index contributed by atoms with van der Waals surface area (Å²) in [6.45, 7) is 1.48. The second kappa shape index (κ2) is 25.9. The van der Waals surface area contributed by atoms with E-state index in [9.17, 15) is 79.2 Å². The number of carbonyl (C=O) groups is 8. The Morgan fingerprint density at radius 1 is 0.733 bits per heavy atom. The Morgan fingerprint density at radius 3 is 1.83 bits per heavy atom. The number of carboxylic acids is 3. The predicted octanol–water partition coefficient (Wildman–Crippen LogP) is -7.05. The van der Waals surface area contributed by atoms with Gasteiger partial charge in [0, 0.05) is 20.3 Å². The molecule has 5 amide bonds. The molecule has 26 heteroatoms. The van der Waals surface area contributed by atoms with E-state index in [0.29, 0.717) is 0 Å². The lowest BCUT2D eigenvalue weighted by Crippen LogP contribution is -2.67. The molecule has 26 nitrogen and oxygen atoms in total. The molecule has 1 saturated heterocycles. The average molecular weight is 871 g/mol. The Balaban J connectivity index is 3.16. The van der Waals surface area contributed by atoms with Crippen LogP contribution >= 0.6 is 0 Å². The first-order valence-corrected chi connectivity index (χ1v) is 18.7. The molecule has 344 valence electrons. The first-order valence-electron chi connectivity index (χ1n) is 18.7. The fourth-order valence-electron chi connectivity index (χ4n) is 5.84. The summed E-state index contributed by atoms with van der Waals surface area (Å²) < 4.78 is 17.2. The molecule has 14 unspecified atom stereocenters. The summed E-state index contributed by atoms with van der Waals surface area (Å²) in [5.41, 5.74) is 5.40. The van der Waals surface area contributed by atoms with E-state index in [0.717, 1.165) is 27.7 Å². The Bertz CT molecular complexity index is 1470. The Labute approximate surface area is 343 Å². The van der Waals surface area contributed by atoms with Crippen molar-refractivity contribution in [1.82, 2.24) is 26.6 Å². The van der Waals surface area contributed by atoms with Crippen molar-refractivity contribution in [3.8, 4) is 0 Å². The highest BCUT2D eigenvalue weighted by Gasteiger charge is 2.49. The molecule has 1 aliphatic rings. The van der Waals surface area contributed by atoms with Gasteiger partial charge in [0.05, 0.1) is 25.9 Å². The lowest BCUT2D eigenvalue weighted by molar-refractivity contribution is -0.303. The van der Waals surface area contributed by atoms with Crippen LogP contribution in [0.4, 0.5) is 0 Å². The van der Waals surface area contributed by atoms with Crippen LogP contribution in [0.1, 0.15) is 59.8 Å². The molecular weight excluding hydrogens is 812 g/mol. The van der Waals surface area contributed by atoms with Crippen molar-refractivity contribution in [1.29, 1.82) is 0 Å². The third-order valence-electron chi connectivity index (χ3n) is 9.13. The highest BCUT2D eigenvalue weighted by molar-refractivity contribution is 5.91. The zero-order chi connectivity index (χ0) is 46.0. The van der Waals surface area contributed by atoms with Crippen LogP contribution in [0.25, 0.3) is 0 Å². The van der Waals surface area contributed by atoms with Gasteiger partial charge in [-0.2, -0.15) is 0 Å². The van der Waals surface area contributed by atoms with Crippen molar-refractivity contribution in [2.45, 2.75) is 145 Å². The zero-order valence-electron chi connectivity index (χ0n) is 33.3. The molecule has 0 aromatic heterocycles. The molecule has 0 bridgehead atoms. The van der Waals surface area contributed by atoms with E-state index in [1.165, 1.54) is 0 Å². The topological polar surface area (TPSA) is 432 Å². The Hall–Kier alpha value is -4.64. The SMILES string of the molecule is CC(=O)NC(CO)C(OC(C)C(=O)NC(C)C(=O)NC(CCC(=O)NC(CCCC(N)C(=O)O)C(=O)O)C(=O)O)C(OC1OC(CO)C(O)C(O)C1NC(C)=O)C(O)CO. The van der Waals surface area contributed by atoms with E-state index in [2.05, 4.69) is 26.6 Å². The van der Waals surface area contributed by atoms with Gasteiger partial charge in [-0.15, -0.1) is 0 Å². The third-order valence-corrected chi connectivity index (χ3v) is 9.13. The monoisotopic (exact) mass is 870 g/mol. The number of hydrogen-bond donors (Lipinski definition) is 15. The molecule has 0 aromatic carbocycles. The minimum atomic E-state index is -1.97. The number of carbonyl (C=O) groups excluding carboxylic acids is 5. The van der Waals surface area contributed by atoms with Crippen molar-refractivity contribution in [2.24, 2.45) is 5.73 Å². The number of rotatable bonds is 27. The van der Waals surface area contributed by atoms with Crippen LogP contribution in [0.5, 0.6) is 0 Å². The van der Waals surface area contributed by atoms with Crippen molar-refractivity contribution in [3.63, 3.8) is 0 Å². The normalized spacial score (nSPS) is 23.5. The van der Waals surface area contributed by atoms with Gasteiger partial charge < -0.3 is 92.5 Å². The van der Waals surface area contributed by atoms with E-state index in [1.807, 2.05) is 0 Å². The minimum absolute atomic E-state index is 0.0289. The van der Waals surface area contributed by atoms with Gasteiger partial charge in [0.1, 0.15) is 72.9 Å². The molecule has 1 aliphatic heterocycles. The maximum atomic E-state index is 13.3. The van der Waals surface area contributed by atoms with Crippen LogP contribution in [-0.4, -0.2) is 198 Å². The first-order chi connectivity index (χ1) is 28.0. The molecule has 0 radical (unpaired) electrons. The highest BCUT2D eigenvalue weighted by atomic mass is 16.7. The number of ether oxygens (including phenoxy) is 3. The molecule has 0 spiro atoms. The van der Waals surface area contributed by atoms with Gasteiger partial charge in [0.15, 0.2) is 6.29 Å². The second-order valence-electron chi connectivity index (χ2n) is 14.0. The Morgan fingerprint density at radius 2 is 1.33 bits per heavy atom. The minimum Gasteiger partial charge on any atom is -0.480 e. The van der Waals surface area contributed by atoms with Crippen LogP contribution in [0, 0.1) is 0 Å². The Kier molecular flexibility index (Phi) is 23.0. The van der Waals surface area contributed by atoms with Crippen molar-refractivity contribution in [3.05, 3.63) is 0 Å². The summed E-state index contributed by atoms with van der Waals surface area (Å²) in [6, 6.07) is -9.00. The largest absolute Gasteiger partial charge is 0.480 e. The maximum absolute atomic E-state index is 13.3. The molecule has 1 fully saturated rings. The number of aliphatic hydroxyl groups excluding tert-OH is 6. The summed E-state index contributed by atoms with van der Waals surface area (Å²) in [5, 5.41) is 101. The molecule has 1 heterocycles. The van der Waals surface area contributed by atoms with Crippen molar-refractivity contribution < 1.29 is 98.5 Å². The summed E-state index contributed by atoms with van der Waals surface area (Å²) in [5.74, 6) is -8.87. The second-order valence-corrected chi connectivity index (χ2v) is 14.0. The summed E-state index contributed by atoms with van der Waals surface area (Å²) >= 11 is 0. The van der Waals surface area contributed by atoms with Crippen LogP contribution in [0.3, 0.4) is 0 Å². The standard InChI is InChI=1S/C34H58N6O20/c1-13(29(50)40-19(33(56)57)8-9-23(47)39-18(32(54)55)7-5-6-17(35)31(52)53)36-30(51)14(2)58-27(20(10-41)37-15(3)44)28(21(46)11-42)60-34-24(38-16(4)45)26(49)25(48)22(12-43)59-34/h13-14,17-22,24-28,34,41-43,46,48-49H,5-12,35H2,1-4H3,(H,36,51)(H,37,44)(H,38,45)(H,39,47)(H,40,50)(H,52,53)(H,54,55)(H,56,57). The van der Waals surface area contributed by atoms with Gasteiger partial charge in [0.25, 0.3) is 0 Å². The lowest BCUT2D eigenvalue weighted by atomic mass is 9.96. The number of nitrogens with two attached hydrogens (primary N) is 1. The number of carboxylic acid groups (broad SMARTS) is 3.